The van der Waals surface area contributed by atoms with Gasteiger partial charge in [-0.2, -0.15) is 0 Å². The van der Waals surface area contributed by atoms with E-state index in [1.165, 1.54) is 11.1 Å². The van der Waals surface area contributed by atoms with Crippen molar-refractivity contribution < 1.29 is 9.59 Å². The number of fused-ring (bicyclic) bond motifs is 1. The van der Waals surface area contributed by atoms with Crippen LogP contribution >= 0.6 is 12.4 Å². The van der Waals surface area contributed by atoms with Crippen molar-refractivity contribution >= 4 is 24.2 Å². The van der Waals surface area contributed by atoms with E-state index in [9.17, 15) is 9.59 Å². The lowest BCUT2D eigenvalue weighted by atomic mass is 9.85. The fourth-order valence-electron chi connectivity index (χ4n) is 3.46. The van der Waals surface area contributed by atoms with Crippen molar-refractivity contribution in [1.82, 2.24) is 10.6 Å². The minimum Gasteiger partial charge on any atom is -0.369 e. The second kappa shape index (κ2) is 7.79. The zero-order chi connectivity index (χ0) is 15.5. The molecule has 3 rings (SSSR count). The molecule has 1 atom stereocenters. The molecule has 1 aromatic rings. The summed E-state index contributed by atoms with van der Waals surface area (Å²) in [4.78, 5) is 23.6. The molecule has 1 fully saturated rings. The van der Waals surface area contributed by atoms with Crippen LogP contribution in [0.3, 0.4) is 0 Å². The van der Waals surface area contributed by atoms with Crippen LogP contribution in [-0.2, 0) is 22.6 Å². The van der Waals surface area contributed by atoms with Gasteiger partial charge in [0.25, 0.3) is 0 Å². The summed E-state index contributed by atoms with van der Waals surface area (Å²) in [5.41, 5.74) is 7.86. The molecular weight excluding hydrogens is 314 g/mol. The Kier molecular flexibility index (Phi) is 6.02. The fraction of sp³-hybridized carbons (Fsp3) is 0.529. The third-order valence-electron chi connectivity index (χ3n) is 4.87. The number of carbonyl (C=O) groups excluding carboxylic acids is 2. The number of amides is 2. The topological polar surface area (TPSA) is 84.2 Å². The molecule has 5 nitrogen and oxygen atoms in total. The van der Waals surface area contributed by atoms with Gasteiger partial charge < -0.3 is 16.4 Å². The average molecular weight is 338 g/mol. The lowest BCUT2D eigenvalue weighted by Gasteiger charge is -2.30. The highest BCUT2D eigenvalue weighted by Crippen LogP contribution is 2.24. The second-order valence-corrected chi connectivity index (χ2v) is 6.37. The SMILES string of the molecule is Cl.NC(=O)C1CCC(NC(=O)C2Cc3ccccc3CN2)CC1. The minimum atomic E-state index is -0.213. The van der Waals surface area contributed by atoms with Crippen molar-refractivity contribution in [3.05, 3.63) is 35.4 Å². The molecule has 23 heavy (non-hydrogen) atoms. The smallest absolute Gasteiger partial charge is 0.237 e. The Hall–Kier alpha value is -1.59. The molecular formula is C17H24ClN3O2. The van der Waals surface area contributed by atoms with Gasteiger partial charge in [0.1, 0.15) is 0 Å². The molecule has 1 aromatic carbocycles. The van der Waals surface area contributed by atoms with E-state index in [-0.39, 0.29) is 42.2 Å². The molecule has 1 aliphatic carbocycles. The molecule has 1 unspecified atom stereocenters. The van der Waals surface area contributed by atoms with Crippen LogP contribution < -0.4 is 16.4 Å². The predicted molar refractivity (Wildman–Crippen MR) is 91.1 cm³/mol. The molecule has 0 saturated heterocycles. The normalized spacial score (nSPS) is 26.5. The van der Waals surface area contributed by atoms with Crippen LogP contribution in [0.2, 0.25) is 0 Å². The maximum absolute atomic E-state index is 12.4. The molecule has 126 valence electrons. The molecule has 6 heteroatoms. The van der Waals surface area contributed by atoms with E-state index in [0.717, 1.165) is 38.6 Å². The van der Waals surface area contributed by atoms with E-state index >= 15 is 0 Å². The summed E-state index contributed by atoms with van der Waals surface area (Å²) in [5, 5.41) is 6.43. The minimum absolute atomic E-state index is 0. The Balaban J connectivity index is 0.00000192. The largest absolute Gasteiger partial charge is 0.369 e. The van der Waals surface area contributed by atoms with Gasteiger partial charge in [-0.3, -0.25) is 9.59 Å². The molecule has 2 aliphatic rings. The Morgan fingerprint density at radius 3 is 2.39 bits per heavy atom. The van der Waals surface area contributed by atoms with Crippen molar-refractivity contribution in [2.24, 2.45) is 11.7 Å². The van der Waals surface area contributed by atoms with Gasteiger partial charge in [0, 0.05) is 18.5 Å². The number of nitrogens with two attached hydrogens (primary N) is 1. The number of hydrogen-bond donors (Lipinski definition) is 3. The summed E-state index contributed by atoms with van der Waals surface area (Å²) in [7, 11) is 0. The van der Waals surface area contributed by atoms with Crippen molar-refractivity contribution in [3.8, 4) is 0 Å². The highest BCUT2D eigenvalue weighted by Gasteiger charge is 2.29. The second-order valence-electron chi connectivity index (χ2n) is 6.37. The van der Waals surface area contributed by atoms with Crippen LogP contribution in [-0.4, -0.2) is 23.9 Å². The van der Waals surface area contributed by atoms with Gasteiger partial charge in [0.15, 0.2) is 0 Å². The van der Waals surface area contributed by atoms with Crippen LogP contribution in [0.25, 0.3) is 0 Å². The number of rotatable bonds is 3. The molecule has 0 radical (unpaired) electrons. The van der Waals surface area contributed by atoms with Crippen molar-refractivity contribution in [3.63, 3.8) is 0 Å². The first kappa shape index (κ1) is 17.8. The molecule has 2 amide bonds. The number of hydrogen-bond acceptors (Lipinski definition) is 3. The fourth-order valence-corrected chi connectivity index (χ4v) is 3.46. The van der Waals surface area contributed by atoms with Crippen molar-refractivity contribution in [2.75, 3.05) is 0 Å². The van der Waals surface area contributed by atoms with Gasteiger partial charge in [-0.15, -0.1) is 12.4 Å². The Bertz CT molecular complexity index is 571. The zero-order valence-electron chi connectivity index (χ0n) is 13.1. The Morgan fingerprint density at radius 2 is 1.74 bits per heavy atom. The van der Waals surface area contributed by atoms with Crippen LogP contribution in [0.15, 0.2) is 24.3 Å². The first-order chi connectivity index (χ1) is 10.6. The summed E-state index contributed by atoms with van der Waals surface area (Å²) < 4.78 is 0. The van der Waals surface area contributed by atoms with E-state index in [0.29, 0.717) is 0 Å². The van der Waals surface area contributed by atoms with E-state index in [2.05, 4.69) is 22.8 Å². The lowest BCUT2D eigenvalue weighted by molar-refractivity contribution is -0.124. The van der Waals surface area contributed by atoms with Crippen LogP contribution in [0.5, 0.6) is 0 Å². The highest BCUT2D eigenvalue weighted by atomic mass is 35.5. The van der Waals surface area contributed by atoms with E-state index in [1.807, 2.05) is 12.1 Å². The van der Waals surface area contributed by atoms with Crippen LogP contribution in [0.1, 0.15) is 36.8 Å². The van der Waals surface area contributed by atoms with E-state index < -0.39 is 0 Å². The molecule has 1 heterocycles. The summed E-state index contributed by atoms with van der Waals surface area (Å²) in [6.07, 6.45) is 3.96. The van der Waals surface area contributed by atoms with Gasteiger partial charge in [-0.1, -0.05) is 24.3 Å². The molecule has 1 saturated carbocycles. The Morgan fingerprint density at radius 1 is 1.09 bits per heavy atom. The number of primary amides is 1. The number of benzene rings is 1. The molecule has 1 aliphatic heterocycles. The van der Waals surface area contributed by atoms with Gasteiger partial charge in [0.05, 0.1) is 6.04 Å². The highest BCUT2D eigenvalue weighted by molar-refractivity contribution is 5.85. The first-order valence-corrected chi connectivity index (χ1v) is 8.03. The zero-order valence-corrected chi connectivity index (χ0v) is 13.9. The number of nitrogens with one attached hydrogen (secondary N) is 2. The van der Waals surface area contributed by atoms with Gasteiger partial charge in [-0.25, -0.2) is 0 Å². The first-order valence-electron chi connectivity index (χ1n) is 8.03. The molecule has 0 aromatic heterocycles. The quantitative estimate of drug-likeness (QED) is 0.777. The average Bonchev–Trinajstić information content (AvgIpc) is 2.55. The maximum atomic E-state index is 12.4. The van der Waals surface area contributed by atoms with Crippen molar-refractivity contribution in [2.45, 2.75) is 50.7 Å². The summed E-state index contributed by atoms with van der Waals surface area (Å²) in [6, 6.07) is 8.24. The van der Waals surface area contributed by atoms with Gasteiger partial charge in [-0.05, 0) is 43.2 Å². The lowest BCUT2D eigenvalue weighted by Crippen LogP contribution is -2.51. The van der Waals surface area contributed by atoms with Gasteiger partial charge >= 0.3 is 0 Å². The summed E-state index contributed by atoms with van der Waals surface area (Å²) in [5.74, 6) is -0.166. The van der Waals surface area contributed by atoms with Crippen molar-refractivity contribution in [1.29, 1.82) is 0 Å². The molecule has 0 bridgehead atoms. The Labute approximate surface area is 142 Å². The standard InChI is InChI=1S/C17H23N3O2.ClH/c18-16(21)11-5-7-14(8-6-11)20-17(22)15-9-12-3-1-2-4-13(12)10-19-15;/h1-4,11,14-15,19H,5-10H2,(H2,18,21)(H,20,22);1H. The van der Waals surface area contributed by atoms with E-state index in [4.69, 9.17) is 5.73 Å². The maximum Gasteiger partial charge on any atom is 0.237 e. The monoisotopic (exact) mass is 337 g/mol. The number of carbonyl (C=O) groups is 2. The van der Waals surface area contributed by atoms with Crippen LogP contribution in [0, 0.1) is 5.92 Å². The third kappa shape index (κ3) is 4.24. The number of halogens is 1. The van der Waals surface area contributed by atoms with Gasteiger partial charge in [0.2, 0.25) is 11.8 Å². The third-order valence-corrected chi connectivity index (χ3v) is 4.87. The summed E-state index contributed by atoms with van der Waals surface area (Å²) in [6.45, 7) is 0.739. The molecule has 4 N–H and O–H groups in total. The van der Waals surface area contributed by atoms with E-state index in [1.54, 1.807) is 0 Å². The molecule has 0 spiro atoms. The summed E-state index contributed by atoms with van der Waals surface area (Å²) >= 11 is 0. The predicted octanol–water partition coefficient (Wildman–Crippen LogP) is 1.28. The van der Waals surface area contributed by atoms with Crippen LogP contribution in [0.4, 0.5) is 0 Å².